The molecule has 2 aromatic carbocycles. The van der Waals surface area contributed by atoms with Crippen molar-refractivity contribution >= 4 is 29.0 Å². The number of aromatic nitrogens is 4. The van der Waals surface area contributed by atoms with Crippen LogP contribution in [-0.2, 0) is 13.1 Å². The lowest BCUT2D eigenvalue weighted by atomic mass is 10.1. The molecule has 0 aliphatic heterocycles. The molecule has 0 aliphatic rings. The quantitative estimate of drug-likeness (QED) is 0.471. The molecule has 2 N–H and O–H groups in total. The van der Waals surface area contributed by atoms with Crippen molar-refractivity contribution in [3.63, 3.8) is 0 Å². The number of rotatable bonds is 6. The van der Waals surface area contributed by atoms with E-state index in [2.05, 4.69) is 52.0 Å². The van der Waals surface area contributed by atoms with Crippen LogP contribution in [0.4, 0.5) is 11.6 Å². The molecule has 0 fully saturated rings. The van der Waals surface area contributed by atoms with E-state index in [1.54, 1.807) is 0 Å². The number of nitrogens with zero attached hydrogens (tertiary/aromatic N) is 4. The molecule has 4 aromatic rings. The van der Waals surface area contributed by atoms with E-state index in [-0.39, 0.29) is 0 Å². The zero-order valence-corrected chi connectivity index (χ0v) is 16.9. The molecular weight excluding hydrogens is 380 g/mol. The van der Waals surface area contributed by atoms with Crippen LogP contribution in [0.25, 0.3) is 0 Å². The highest BCUT2D eigenvalue weighted by molar-refractivity contribution is 7.80. The monoisotopic (exact) mass is 402 g/mol. The highest BCUT2D eigenvalue weighted by Crippen LogP contribution is 2.11. The van der Waals surface area contributed by atoms with Gasteiger partial charge in [0, 0.05) is 24.5 Å². The third kappa shape index (κ3) is 5.08. The summed E-state index contributed by atoms with van der Waals surface area (Å²) >= 11 is 5.40. The van der Waals surface area contributed by atoms with Gasteiger partial charge in [-0.15, -0.1) is 0 Å². The molecule has 0 spiro atoms. The van der Waals surface area contributed by atoms with Crippen molar-refractivity contribution in [3.05, 3.63) is 95.8 Å². The average molecular weight is 403 g/mol. The zero-order chi connectivity index (χ0) is 20.1. The topological polar surface area (TPSA) is 59.7 Å². The number of aryl methyl sites for hydroxylation is 1. The molecule has 0 bridgehead atoms. The van der Waals surface area contributed by atoms with Crippen molar-refractivity contribution in [1.29, 1.82) is 0 Å². The van der Waals surface area contributed by atoms with E-state index in [9.17, 15) is 0 Å². The summed E-state index contributed by atoms with van der Waals surface area (Å²) in [4.78, 5) is 0. The van der Waals surface area contributed by atoms with Crippen molar-refractivity contribution in [2.75, 3.05) is 10.6 Å². The molecule has 0 saturated heterocycles. The Hall–Kier alpha value is -3.45. The Morgan fingerprint density at radius 3 is 2.03 bits per heavy atom. The summed E-state index contributed by atoms with van der Waals surface area (Å²) in [5.74, 6) is 1.39. The predicted octanol–water partition coefficient (Wildman–Crippen LogP) is 4.29. The molecule has 2 heterocycles. The van der Waals surface area contributed by atoms with E-state index < -0.39 is 0 Å². The summed E-state index contributed by atoms with van der Waals surface area (Å²) in [6, 6.07) is 22.3. The molecule has 146 valence electrons. The number of hydrogen-bond acceptors (Lipinski definition) is 3. The van der Waals surface area contributed by atoms with Crippen LogP contribution in [0.15, 0.2) is 79.1 Å². The van der Waals surface area contributed by atoms with E-state index in [0.29, 0.717) is 23.3 Å². The maximum atomic E-state index is 5.40. The van der Waals surface area contributed by atoms with E-state index >= 15 is 0 Å². The third-order valence-electron chi connectivity index (χ3n) is 4.55. The fourth-order valence-electron chi connectivity index (χ4n) is 3.03. The summed E-state index contributed by atoms with van der Waals surface area (Å²) in [6.07, 6.45) is 3.86. The highest BCUT2D eigenvalue weighted by Gasteiger charge is 2.06. The number of hydrogen-bond donors (Lipinski definition) is 2. The largest absolute Gasteiger partial charge is 0.316 e. The molecular formula is C22H22N6S. The Morgan fingerprint density at radius 2 is 1.38 bits per heavy atom. The first-order valence-electron chi connectivity index (χ1n) is 9.39. The van der Waals surface area contributed by atoms with Gasteiger partial charge in [-0.2, -0.15) is 10.2 Å². The Balaban J connectivity index is 1.32. The molecule has 6 nitrogen and oxygen atoms in total. The molecule has 0 saturated carbocycles. The molecule has 0 atom stereocenters. The molecule has 4 rings (SSSR count). The second-order valence-corrected chi connectivity index (χ2v) is 7.20. The van der Waals surface area contributed by atoms with Gasteiger partial charge in [-0.25, -0.2) is 0 Å². The number of benzene rings is 2. The van der Waals surface area contributed by atoms with Gasteiger partial charge in [0.25, 0.3) is 0 Å². The van der Waals surface area contributed by atoms with Crippen molar-refractivity contribution in [2.45, 2.75) is 20.0 Å². The van der Waals surface area contributed by atoms with Crippen molar-refractivity contribution in [2.24, 2.45) is 0 Å². The van der Waals surface area contributed by atoms with E-state index in [4.69, 9.17) is 12.2 Å². The van der Waals surface area contributed by atoms with Crippen LogP contribution in [-0.4, -0.2) is 24.7 Å². The number of thiocarbonyl (C=S) groups is 1. The average Bonchev–Trinajstić information content (AvgIpc) is 3.34. The Labute approximate surface area is 175 Å². The minimum absolute atomic E-state index is 0.455. The van der Waals surface area contributed by atoms with Crippen LogP contribution in [0.5, 0.6) is 0 Å². The van der Waals surface area contributed by atoms with Gasteiger partial charge in [0.1, 0.15) is 0 Å². The first-order chi connectivity index (χ1) is 14.2. The van der Waals surface area contributed by atoms with Gasteiger partial charge in [0.05, 0.1) is 13.1 Å². The van der Waals surface area contributed by atoms with Crippen molar-refractivity contribution < 1.29 is 0 Å². The van der Waals surface area contributed by atoms with Crippen LogP contribution in [0.3, 0.4) is 0 Å². The fourth-order valence-corrected chi connectivity index (χ4v) is 3.24. The summed E-state index contributed by atoms with van der Waals surface area (Å²) in [6.45, 7) is 3.54. The van der Waals surface area contributed by atoms with Gasteiger partial charge >= 0.3 is 0 Å². The van der Waals surface area contributed by atoms with Gasteiger partial charge in [0.15, 0.2) is 16.7 Å². The van der Waals surface area contributed by atoms with Gasteiger partial charge in [-0.3, -0.25) is 9.36 Å². The molecule has 2 aromatic heterocycles. The van der Waals surface area contributed by atoms with Gasteiger partial charge in [-0.1, -0.05) is 54.6 Å². The minimum atomic E-state index is 0.455. The third-order valence-corrected chi connectivity index (χ3v) is 4.75. The van der Waals surface area contributed by atoms with E-state index in [1.165, 1.54) is 16.7 Å². The lowest BCUT2D eigenvalue weighted by Crippen LogP contribution is -2.20. The SMILES string of the molecule is Cc1ccccc1Cn1ccc(NC(=S)Nc2ccn(Cc3ccccc3)n2)n1. The van der Waals surface area contributed by atoms with Gasteiger partial charge < -0.3 is 10.6 Å². The maximum Gasteiger partial charge on any atom is 0.177 e. The zero-order valence-electron chi connectivity index (χ0n) is 16.1. The summed E-state index contributed by atoms with van der Waals surface area (Å²) in [7, 11) is 0. The first-order valence-corrected chi connectivity index (χ1v) is 9.80. The smallest absolute Gasteiger partial charge is 0.177 e. The second kappa shape index (κ2) is 8.70. The van der Waals surface area contributed by atoms with E-state index in [0.717, 1.165) is 6.54 Å². The normalized spacial score (nSPS) is 10.7. The molecule has 0 unspecified atom stereocenters. The minimum Gasteiger partial charge on any atom is -0.316 e. The summed E-state index contributed by atoms with van der Waals surface area (Å²) in [5.41, 5.74) is 3.69. The summed E-state index contributed by atoms with van der Waals surface area (Å²) < 4.78 is 3.76. The van der Waals surface area contributed by atoms with E-state index in [1.807, 2.05) is 64.2 Å². The first kappa shape index (κ1) is 18.9. The highest BCUT2D eigenvalue weighted by atomic mass is 32.1. The molecule has 29 heavy (non-hydrogen) atoms. The van der Waals surface area contributed by atoms with Gasteiger partial charge in [-0.05, 0) is 35.8 Å². The number of anilines is 2. The molecule has 0 radical (unpaired) electrons. The Morgan fingerprint density at radius 1 is 0.793 bits per heavy atom. The van der Waals surface area contributed by atoms with Crippen LogP contribution >= 0.6 is 12.2 Å². The predicted molar refractivity (Wildman–Crippen MR) is 120 cm³/mol. The summed E-state index contributed by atoms with van der Waals surface area (Å²) in [5, 5.41) is 15.7. The van der Waals surface area contributed by atoms with Crippen LogP contribution in [0.2, 0.25) is 0 Å². The second-order valence-electron chi connectivity index (χ2n) is 6.79. The lowest BCUT2D eigenvalue weighted by Gasteiger charge is -2.07. The Kier molecular flexibility index (Phi) is 5.67. The lowest BCUT2D eigenvalue weighted by molar-refractivity contribution is 0.687. The molecule has 0 amide bonds. The Bertz CT molecular complexity index is 1100. The van der Waals surface area contributed by atoms with Crippen molar-refractivity contribution in [1.82, 2.24) is 19.6 Å². The number of nitrogens with one attached hydrogen (secondary N) is 2. The van der Waals surface area contributed by atoms with Crippen LogP contribution < -0.4 is 10.6 Å². The van der Waals surface area contributed by atoms with Crippen LogP contribution in [0.1, 0.15) is 16.7 Å². The standard InChI is InChI=1S/C22H22N6S/c1-17-7-5-6-10-19(17)16-28-14-12-21(26-28)24-22(29)23-20-11-13-27(25-20)15-18-8-3-2-4-9-18/h2-14H,15-16H2,1H3,(H2,23,24,25,26,29). The maximum absolute atomic E-state index is 5.40. The van der Waals surface area contributed by atoms with Crippen LogP contribution in [0, 0.1) is 6.92 Å². The molecule has 7 heteroatoms. The molecule has 0 aliphatic carbocycles. The van der Waals surface area contributed by atoms with Gasteiger partial charge in [0.2, 0.25) is 0 Å². The fraction of sp³-hybridized carbons (Fsp3) is 0.136. The van der Waals surface area contributed by atoms with Crippen molar-refractivity contribution in [3.8, 4) is 0 Å².